The molecular formula is C15H21NO2. The number of piperidine rings is 1. The molecule has 1 aromatic rings. The zero-order valence-corrected chi connectivity index (χ0v) is 11.1. The summed E-state index contributed by atoms with van der Waals surface area (Å²) in [6.07, 6.45) is 2.11. The number of likely N-dealkylation sites (tertiary alicyclic amines) is 1. The Balaban J connectivity index is 2.13. The highest BCUT2D eigenvalue weighted by molar-refractivity contribution is 5.74. The van der Waals surface area contributed by atoms with E-state index in [1.165, 1.54) is 11.1 Å². The zero-order chi connectivity index (χ0) is 13.1. The van der Waals surface area contributed by atoms with Gasteiger partial charge in [0.25, 0.3) is 0 Å². The van der Waals surface area contributed by atoms with Crippen LogP contribution in [0.25, 0.3) is 0 Å². The lowest BCUT2D eigenvalue weighted by Crippen LogP contribution is -2.48. The molecule has 98 valence electrons. The Labute approximate surface area is 108 Å². The maximum atomic E-state index is 11.4. The quantitative estimate of drug-likeness (QED) is 0.892. The normalized spacial score (nSPS) is 25.0. The van der Waals surface area contributed by atoms with Crippen LogP contribution in [0.2, 0.25) is 0 Å². The van der Waals surface area contributed by atoms with E-state index >= 15 is 0 Å². The Morgan fingerprint density at radius 3 is 2.94 bits per heavy atom. The molecule has 0 bridgehead atoms. The lowest BCUT2D eigenvalue weighted by molar-refractivity contribution is -0.147. The van der Waals surface area contributed by atoms with E-state index in [1.54, 1.807) is 0 Å². The van der Waals surface area contributed by atoms with E-state index in [0.29, 0.717) is 0 Å². The third-order valence-corrected chi connectivity index (χ3v) is 3.76. The topological polar surface area (TPSA) is 40.5 Å². The van der Waals surface area contributed by atoms with Crippen molar-refractivity contribution in [1.29, 1.82) is 0 Å². The van der Waals surface area contributed by atoms with Gasteiger partial charge in [0.1, 0.15) is 6.04 Å². The van der Waals surface area contributed by atoms with Crippen molar-refractivity contribution in [3.8, 4) is 0 Å². The number of carbonyl (C=O) groups is 1. The molecule has 0 amide bonds. The van der Waals surface area contributed by atoms with E-state index in [1.807, 2.05) is 13.0 Å². The van der Waals surface area contributed by atoms with Gasteiger partial charge in [-0.05, 0) is 37.8 Å². The predicted octanol–water partition coefficient (Wildman–Crippen LogP) is 2.68. The van der Waals surface area contributed by atoms with Crippen molar-refractivity contribution < 1.29 is 9.90 Å². The van der Waals surface area contributed by atoms with E-state index in [-0.39, 0.29) is 12.0 Å². The van der Waals surface area contributed by atoms with Crippen molar-refractivity contribution >= 4 is 5.97 Å². The van der Waals surface area contributed by atoms with Gasteiger partial charge in [-0.15, -0.1) is 0 Å². The Morgan fingerprint density at radius 2 is 2.28 bits per heavy atom. The SMILES string of the molecule is Cc1cccc(CN2CCCC(C)C2C(=O)O)c1. The highest BCUT2D eigenvalue weighted by Gasteiger charge is 2.33. The van der Waals surface area contributed by atoms with Crippen LogP contribution >= 0.6 is 0 Å². The minimum Gasteiger partial charge on any atom is -0.480 e. The number of hydrogen-bond donors (Lipinski definition) is 1. The molecule has 2 unspecified atom stereocenters. The van der Waals surface area contributed by atoms with Crippen molar-refractivity contribution in [3.63, 3.8) is 0 Å². The first-order chi connectivity index (χ1) is 8.58. The van der Waals surface area contributed by atoms with Crippen molar-refractivity contribution in [2.45, 2.75) is 39.3 Å². The first-order valence-electron chi connectivity index (χ1n) is 6.60. The van der Waals surface area contributed by atoms with E-state index in [0.717, 1.165) is 25.9 Å². The van der Waals surface area contributed by atoms with Crippen LogP contribution in [-0.2, 0) is 11.3 Å². The number of aliphatic carboxylic acids is 1. The highest BCUT2D eigenvalue weighted by atomic mass is 16.4. The highest BCUT2D eigenvalue weighted by Crippen LogP contribution is 2.25. The van der Waals surface area contributed by atoms with Crippen molar-refractivity contribution in [2.75, 3.05) is 6.54 Å². The minimum atomic E-state index is -0.685. The van der Waals surface area contributed by atoms with Gasteiger partial charge in [0.15, 0.2) is 0 Å². The molecule has 18 heavy (non-hydrogen) atoms. The molecule has 0 radical (unpaired) electrons. The number of carboxylic acids is 1. The average molecular weight is 247 g/mol. The van der Waals surface area contributed by atoms with Crippen molar-refractivity contribution in [3.05, 3.63) is 35.4 Å². The fourth-order valence-electron chi connectivity index (χ4n) is 2.90. The third-order valence-electron chi connectivity index (χ3n) is 3.76. The van der Waals surface area contributed by atoms with Gasteiger partial charge in [-0.3, -0.25) is 9.69 Å². The summed E-state index contributed by atoms with van der Waals surface area (Å²) < 4.78 is 0. The molecule has 0 aliphatic carbocycles. The smallest absolute Gasteiger partial charge is 0.321 e. The number of hydrogen-bond acceptors (Lipinski definition) is 2. The van der Waals surface area contributed by atoms with E-state index < -0.39 is 5.97 Å². The van der Waals surface area contributed by atoms with Crippen LogP contribution in [0.15, 0.2) is 24.3 Å². The van der Waals surface area contributed by atoms with Gasteiger partial charge in [0.05, 0.1) is 0 Å². The van der Waals surface area contributed by atoms with Gasteiger partial charge in [-0.1, -0.05) is 36.8 Å². The summed E-state index contributed by atoms with van der Waals surface area (Å²) in [5.41, 5.74) is 2.43. The summed E-state index contributed by atoms with van der Waals surface area (Å²) in [4.78, 5) is 13.5. The van der Waals surface area contributed by atoms with Crippen molar-refractivity contribution in [1.82, 2.24) is 4.90 Å². The molecule has 1 aromatic carbocycles. The fraction of sp³-hybridized carbons (Fsp3) is 0.533. The Morgan fingerprint density at radius 1 is 1.50 bits per heavy atom. The van der Waals surface area contributed by atoms with E-state index in [2.05, 4.69) is 30.0 Å². The van der Waals surface area contributed by atoms with Crippen LogP contribution < -0.4 is 0 Å². The first-order valence-corrected chi connectivity index (χ1v) is 6.60. The summed E-state index contributed by atoms with van der Waals surface area (Å²) in [7, 11) is 0. The van der Waals surface area contributed by atoms with Crippen molar-refractivity contribution in [2.24, 2.45) is 5.92 Å². The van der Waals surface area contributed by atoms with Gasteiger partial charge in [-0.25, -0.2) is 0 Å². The van der Waals surface area contributed by atoms with Crippen LogP contribution in [-0.4, -0.2) is 28.6 Å². The molecule has 1 aliphatic rings. The summed E-state index contributed by atoms with van der Waals surface area (Å²) in [6.45, 7) is 5.73. The summed E-state index contributed by atoms with van der Waals surface area (Å²) >= 11 is 0. The molecular weight excluding hydrogens is 226 g/mol. The largest absolute Gasteiger partial charge is 0.480 e. The summed E-state index contributed by atoms with van der Waals surface area (Å²) in [6, 6.07) is 7.98. The van der Waals surface area contributed by atoms with E-state index in [4.69, 9.17) is 0 Å². The predicted molar refractivity (Wildman–Crippen MR) is 71.4 cm³/mol. The molecule has 2 rings (SSSR count). The molecule has 1 N–H and O–H groups in total. The van der Waals surface area contributed by atoms with Gasteiger partial charge < -0.3 is 5.11 Å². The number of rotatable bonds is 3. The molecule has 3 nitrogen and oxygen atoms in total. The fourth-order valence-corrected chi connectivity index (χ4v) is 2.90. The van der Waals surface area contributed by atoms with Crippen LogP contribution in [0.5, 0.6) is 0 Å². The monoisotopic (exact) mass is 247 g/mol. The number of benzene rings is 1. The second-order valence-corrected chi connectivity index (χ2v) is 5.36. The molecule has 1 fully saturated rings. The number of carboxylic acid groups (broad SMARTS) is 1. The average Bonchev–Trinajstić information content (AvgIpc) is 2.28. The van der Waals surface area contributed by atoms with Gasteiger partial charge >= 0.3 is 5.97 Å². The molecule has 1 saturated heterocycles. The first kappa shape index (κ1) is 13.1. The van der Waals surface area contributed by atoms with Gasteiger partial charge in [0, 0.05) is 6.54 Å². The summed E-state index contributed by atoms with van der Waals surface area (Å²) in [5.74, 6) is -0.448. The second-order valence-electron chi connectivity index (χ2n) is 5.36. The standard InChI is InChI=1S/C15H21NO2/c1-11-5-3-7-13(9-11)10-16-8-4-6-12(2)14(16)15(17)18/h3,5,7,9,12,14H,4,6,8,10H2,1-2H3,(H,17,18). The van der Waals surface area contributed by atoms with E-state index in [9.17, 15) is 9.90 Å². The maximum Gasteiger partial charge on any atom is 0.321 e. The van der Waals surface area contributed by atoms with Crippen LogP contribution in [0, 0.1) is 12.8 Å². The lowest BCUT2D eigenvalue weighted by atomic mass is 9.90. The Kier molecular flexibility index (Phi) is 4.02. The second kappa shape index (κ2) is 5.53. The lowest BCUT2D eigenvalue weighted by Gasteiger charge is -2.37. The molecule has 0 spiro atoms. The van der Waals surface area contributed by atoms with Gasteiger partial charge in [-0.2, -0.15) is 0 Å². The molecule has 1 aliphatic heterocycles. The number of nitrogens with zero attached hydrogens (tertiary/aromatic N) is 1. The minimum absolute atomic E-state index is 0.237. The molecule has 0 saturated carbocycles. The van der Waals surface area contributed by atoms with Gasteiger partial charge in [0.2, 0.25) is 0 Å². The van der Waals surface area contributed by atoms with Crippen LogP contribution in [0.1, 0.15) is 30.9 Å². The Bertz CT molecular complexity index is 430. The molecule has 2 atom stereocenters. The molecule has 3 heteroatoms. The van der Waals surface area contributed by atoms with Crippen LogP contribution in [0.3, 0.4) is 0 Å². The maximum absolute atomic E-state index is 11.4. The third kappa shape index (κ3) is 2.91. The van der Waals surface area contributed by atoms with Crippen LogP contribution in [0.4, 0.5) is 0 Å². The Hall–Kier alpha value is -1.35. The zero-order valence-electron chi connectivity index (χ0n) is 11.1. The molecule has 0 aromatic heterocycles. The molecule has 1 heterocycles. The number of aryl methyl sites for hydroxylation is 1. The summed E-state index contributed by atoms with van der Waals surface area (Å²) in [5, 5.41) is 9.37.